The Hall–Kier alpha value is -3.58. The van der Waals surface area contributed by atoms with Gasteiger partial charge in [0.1, 0.15) is 0 Å². The molecule has 0 aliphatic carbocycles. The molecule has 33 heavy (non-hydrogen) atoms. The van der Waals surface area contributed by atoms with Gasteiger partial charge in [-0.1, -0.05) is 65.9 Å². The summed E-state index contributed by atoms with van der Waals surface area (Å²) in [5.41, 5.74) is 6.29. The number of nitrogens with one attached hydrogen (secondary N) is 2. The quantitative estimate of drug-likeness (QED) is 0.340. The maximum absolute atomic E-state index is 12.6. The van der Waals surface area contributed by atoms with Gasteiger partial charge in [-0.2, -0.15) is 0 Å². The van der Waals surface area contributed by atoms with Crippen molar-refractivity contribution in [3.8, 4) is 5.69 Å². The van der Waals surface area contributed by atoms with E-state index in [1.165, 1.54) is 22.9 Å². The van der Waals surface area contributed by atoms with Crippen molar-refractivity contribution in [1.29, 1.82) is 0 Å². The predicted molar refractivity (Wildman–Crippen MR) is 135 cm³/mol. The molecule has 0 saturated heterocycles. The van der Waals surface area contributed by atoms with E-state index in [2.05, 4.69) is 52.9 Å². The fourth-order valence-electron chi connectivity index (χ4n) is 3.56. The minimum Gasteiger partial charge on any atom is -0.378 e. The molecule has 1 aromatic heterocycles. The number of para-hydroxylation sites is 2. The number of aromatic nitrogens is 3. The summed E-state index contributed by atoms with van der Waals surface area (Å²) in [5.74, 6) is 0.943. The van der Waals surface area contributed by atoms with Crippen molar-refractivity contribution in [3.63, 3.8) is 0 Å². The van der Waals surface area contributed by atoms with Gasteiger partial charge in [-0.05, 0) is 56.2 Å². The lowest BCUT2D eigenvalue weighted by Crippen LogP contribution is -2.15. The van der Waals surface area contributed by atoms with Gasteiger partial charge >= 0.3 is 0 Å². The highest BCUT2D eigenvalue weighted by atomic mass is 32.2. The lowest BCUT2D eigenvalue weighted by atomic mass is 10.1. The first-order chi connectivity index (χ1) is 16.0. The number of carbonyl (C=O) groups excluding carboxylic acids is 1. The van der Waals surface area contributed by atoms with Gasteiger partial charge in [-0.25, -0.2) is 0 Å². The van der Waals surface area contributed by atoms with Crippen LogP contribution in [0.3, 0.4) is 0 Å². The first-order valence-corrected chi connectivity index (χ1v) is 11.8. The van der Waals surface area contributed by atoms with Gasteiger partial charge in [0.05, 0.1) is 12.3 Å². The molecule has 0 aliphatic heterocycles. The number of rotatable bonds is 8. The van der Waals surface area contributed by atoms with Crippen molar-refractivity contribution in [1.82, 2.24) is 14.8 Å². The number of aryl methyl sites for hydroxylation is 3. The Morgan fingerprint density at radius 3 is 2.39 bits per heavy atom. The van der Waals surface area contributed by atoms with Crippen molar-refractivity contribution < 1.29 is 4.79 Å². The molecule has 0 fully saturated rings. The van der Waals surface area contributed by atoms with Gasteiger partial charge in [0.15, 0.2) is 11.0 Å². The third kappa shape index (κ3) is 5.62. The van der Waals surface area contributed by atoms with Crippen molar-refractivity contribution in [3.05, 3.63) is 95.3 Å². The van der Waals surface area contributed by atoms with Crippen LogP contribution in [-0.2, 0) is 11.3 Å². The third-order valence-electron chi connectivity index (χ3n) is 5.29. The molecule has 168 valence electrons. The smallest absolute Gasteiger partial charge is 0.234 e. The number of amides is 1. The summed E-state index contributed by atoms with van der Waals surface area (Å²) in [6, 6.07) is 24.0. The van der Waals surface area contributed by atoms with Crippen LogP contribution >= 0.6 is 11.8 Å². The lowest BCUT2D eigenvalue weighted by Gasteiger charge is -2.13. The van der Waals surface area contributed by atoms with Crippen LogP contribution in [0.2, 0.25) is 0 Å². The number of anilines is 2. The standard InChI is InChI=1S/C26H27N5OS/c1-18-13-14-22(20(3)15-18)27-16-24-29-30-26(31(24)21-10-5-4-6-11-21)33-17-25(32)28-23-12-8-7-9-19(23)2/h4-15,27H,16-17H2,1-3H3,(H,28,32). The van der Waals surface area contributed by atoms with Crippen LogP contribution in [0.1, 0.15) is 22.5 Å². The molecule has 0 unspecified atom stereocenters. The zero-order valence-electron chi connectivity index (χ0n) is 19.0. The minimum absolute atomic E-state index is 0.0770. The number of hydrogen-bond acceptors (Lipinski definition) is 5. The summed E-state index contributed by atoms with van der Waals surface area (Å²) >= 11 is 1.37. The average molecular weight is 458 g/mol. The van der Waals surface area contributed by atoms with Crippen LogP contribution in [0.25, 0.3) is 5.69 Å². The maximum Gasteiger partial charge on any atom is 0.234 e. The molecular weight excluding hydrogens is 430 g/mol. The van der Waals surface area contributed by atoms with Crippen LogP contribution in [0.5, 0.6) is 0 Å². The normalized spacial score (nSPS) is 10.8. The monoisotopic (exact) mass is 457 g/mol. The lowest BCUT2D eigenvalue weighted by molar-refractivity contribution is -0.113. The Bertz CT molecular complexity index is 1250. The van der Waals surface area contributed by atoms with Crippen molar-refractivity contribution >= 4 is 29.0 Å². The summed E-state index contributed by atoms with van der Waals surface area (Å²) in [7, 11) is 0. The largest absolute Gasteiger partial charge is 0.378 e. The number of hydrogen-bond donors (Lipinski definition) is 2. The SMILES string of the molecule is Cc1ccc(NCc2nnc(SCC(=O)Nc3ccccc3C)n2-c2ccccc2)c(C)c1. The molecule has 6 nitrogen and oxygen atoms in total. The Morgan fingerprint density at radius 1 is 0.879 bits per heavy atom. The van der Waals surface area contributed by atoms with E-state index in [0.29, 0.717) is 11.7 Å². The minimum atomic E-state index is -0.0770. The molecular formula is C26H27N5OS. The van der Waals surface area contributed by atoms with E-state index in [-0.39, 0.29) is 11.7 Å². The van der Waals surface area contributed by atoms with Gasteiger partial charge < -0.3 is 10.6 Å². The third-order valence-corrected chi connectivity index (χ3v) is 6.21. The highest BCUT2D eigenvalue weighted by Crippen LogP contribution is 2.24. The fraction of sp³-hybridized carbons (Fsp3) is 0.192. The molecule has 0 bridgehead atoms. The topological polar surface area (TPSA) is 71.8 Å². The predicted octanol–water partition coefficient (Wildman–Crippen LogP) is 5.54. The summed E-state index contributed by atoms with van der Waals surface area (Å²) < 4.78 is 2.00. The van der Waals surface area contributed by atoms with Crippen LogP contribution < -0.4 is 10.6 Å². The van der Waals surface area contributed by atoms with Crippen molar-refractivity contribution in [2.24, 2.45) is 0 Å². The molecule has 0 saturated carbocycles. The molecule has 4 rings (SSSR count). The van der Waals surface area contributed by atoms with Crippen LogP contribution in [0.4, 0.5) is 11.4 Å². The number of thioether (sulfide) groups is 1. The highest BCUT2D eigenvalue weighted by Gasteiger charge is 2.16. The summed E-state index contributed by atoms with van der Waals surface area (Å²) in [6.07, 6.45) is 0. The second-order valence-corrected chi connectivity index (χ2v) is 8.84. The number of carbonyl (C=O) groups is 1. The van der Waals surface area contributed by atoms with E-state index in [4.69, 9.17) is 0 Å². The molecule has 2 N–H and O–H groups in total. The van der Waals surface area contributed by atoms with E-state index in [9.17, 15) is 4.79 Å². The summed E-state index contributed by atoms with van der Waals surface area (Å²) in [6.45, 7) is 6.67. The fourth-order valence-corrected chi connectivity index (χ4v) is 4.33. The van der Waals surface area contributed by atoms with E-state index in [0.717, 1.165) is 28.5 Å². The maximum atomic E-state index is 12.6. The van der Waals surface area contributed by atoms with E-state index >= 15 is 0 Å². The molecule has 0 atom stereocenters. The molecule has 3 aromatic carbocycles. The molecule has 4 aromatic rings. The zero-order valence-corrected chi connectivity index (χ0v) is 19.8. The van der Waals surface area contributed by atoms with Gasteiger partial charge in [0.25, 0.3) is 0 Å². The molecule has 7 heteroatoms. The van der Waals surface area contributed by atoms with Crippen molar-refractivity contribution in [2.45, 2.75) is 32.5 Å². The highest BCUT2D eigenvalue weighted by molar-refractivity contribution is 7.99. The average Bonchev–Trinajstić information content (AvgIpc) is 3.22. The van der Waals surface area contributed by atoms with Gasteiger partial charge in [-0.3, -0.25) is 9.36 Å². The number of benzene rings is 3. The van der Waals surface area contributed by atoms with Crippen LogP contribution in [-0.4, -0.2) is 26.4 Å². The number of nitrogens with zero attached hydrogens (tertiary/aromatic N) is 3. The molecule has 0 aliphatic rings. The Morgan fingerprint density at radius 2 is 1.64 bits per heavy atom. The Labute approximate surface area is 198 Å². The first-order valence-electron chi connectivity index (χ1n) is 10.8. The second kappa shape index (κ2) is 10.4. The zero-order chi connectivity index (χ0) is 23.2. The molecule has 1 heterocycles. The summed E-state index contributed by atoms with van der Waals surface area (Å²) in [4.78, 5) is 12.6. The van der Waals surface area contributed by atoms with Crippen LogP contribution in [0, 0.1) is 20.8 Å². The second-order valence-electron chi connectivity index (χ2n) is 7.89. The molecule has 0 radical (unpaired) electrons. The van der Waals surface area contributed by atoms with E-state index in [1.54, 1.807) is 0 Å². The van der Waals surface area contributed by atoms with Crippen LogP contribution in [0.15, 0.2) is 78.0 Å². The first kappa shape index (κ1) is 22.6. The van der Waals surface area contributed by atoms with Gasteiger partial charge in [0, 0.05) is 17.1 Å². The molecule has 0 spiro atoms. The van der Waals surface area contributed by atoms with Gasteiger partial charge in [-0.15, -0.1) is 10.2 Å². The Balaban J connectivity index is 1.51. The van der Waals surface area contributed by atoms with E-state index < -0.39 is 0 Å². The molecule has 1 amide bonds. The summed E-state index contributed by atoms with van der Waals surface area (Å²) in [5, 5.41) is 15.9. The van der Waals surface area contributed by atoms with Gasteiger partial charge in [0.2, 0.25) is 5.91 Å². The van der Waals surface area contributed by atoms with Crippen molar-refractivity contribution in [2.75, 3.05) is 16.4 Å². The Kier molecular flexibility index (Phi) is 7.10. The van der Waals surface area contributed by atoms with E-state index in [1.807, 2.05) is 66.1 Å².